The van der Waals surface area contributed by atoms with Crippen LogP contribution >= 0.6 is 11.8 Å². The van der Waals surface area contributed by atoms with Crippen molar-refractivity contribution in [2.24, 2.45) is 5.92 Å². The monoisotopic (exact) mass is 361 g/mol. The van der Waals surface area contributed by atoms with Crippen LogP contribution in [0.2, 0.25) is 0 Å². The van der Waals surface area contributed by atoms with Crippen molar-refractivity contribution in [1.82, 2.24) is 15.5 Å². The summed E-state index contributed by atoms with van der Waals surface area (Å²) in [6, 6.07) is 8.86. The van der Waals surface area contributed by atoms with E-state index < -0.39 is 0 Å². The fourth-order valence-corrected chi connectivity index (χ4v) is 4.75. The number of nitrogens with one attached hydrogen (secondary N) is 2. The van der Waals surface area contributed by atoms with Crippen molar-refractivity contribution in [3.05, 3.63) is 35.4 Å². The predicted octanol–water partition coefficient (Wildman–Crippen LogP) is 2.63. The topological polar surface area (TPSA) is 44.4 Å². The van der Waals surface area contributed by atoms with E-state index in [0.717, 1.165) is 30.5 Å². The lowest BCUT2D eigenvalue weighted by Gasteiger charge is -2.31. The lowest BCUT2D eigenvalue weighted by atomic mass is 9.99. The second kappa shape index (κ2) is 9.60. The van der Waals surface area contributed by atoms with Gasteiger partial charge in [-0.05, 0) is 36.4 Å². The van der Waals surface area contributed by atoms with Crippen LogP contribution in [0.15, 0.2) is 24.3 Å². The van der Waals surface area contributed by atoms with Gasteiger partial charge in [0.05, 0.1) is 0 Å². The van der Waals surface area contributed by atoms with Gasteiger partial charge in [-0.25, -0.2) is 0 Å². The molecule has 1 amide bonds. The number of likely N-dealkylation sites (tertiary alicyclic amines) is 1. The molecule has 0 bridgehead atoms. The minimum atomic E-state index is 0.154. The third-order valence-corrected chi connectivity index (χ3v) is 6.29. The van der Waals surface area contributed by atoms with Gasteiger partial charge in [-0.3, -0.25) is 9.69 Å². The van der Waals surface area contributed by atoms with Crippen LogP contribution in [0.25, 0.3) is 0 Å². The molecule has 2 fully saturated rings. The molecule has 0 aliphatic carbocycles. The summed E-state index contributed by atoms with van der Waals surface area (Å²) >= 11 is 1.93. The van der Waals surface area contributed by atoms with Crippen molar-refractivity contribution in [2.75, 3.05) is 31.1 Å². The highest BCUT2D eigenvalue weighted by molar-refractivity contribution is 7.99. The minimum absolute atomic E-state index is 0.154. The Morgan fingerprint density at radius 2 is 2.20 bits per heavy atom. The van der Waals surface area contributed by atoms with Crippen LogP contribution in [0.5, 0.6) is 0 Å². The third-order valence-electron chi connectivity index (χ3n) is 5.16. The maximum Gasteiger partial charge on any atom is 0.221 e. The van der Waals surface area contributed by atoms with E-state index in [4.69, 9.17) is 0 Å². The molecule has 1 aromatic rings. The van der Waals surface area contributed by atoms with Gasteiger partial charge in [0.1, 0.15) is 0 Å². The molecule has 2 aliphatic rings. The molecule has 4 nitrogen and oxygen atoms in total. The van der Waals surface area contributed by atoms with Gasteiger partial charge in [0.2, 0.25) is 5.91 Å². The summed E-state index contributed by atoms with van der Waals surface area (Å²) in [5.74, 6) is 3.14. The Labute approximate surface area is 156 Å². The van der Waals surface area contributed by atoms with Crippen LogP contribution in [0.4, 0.5) is 0 Å². The van der Waals surface area contributed by atoms with Gasteiger partial charge in [0, 0.05) is 50.1 Å². The van der Waals surface area contributed by atoms with E-state index in [-0.39, 0.29) is 5.91 Å². The molecule has 138 valence electrons. The first-order valence-corrected chi connectivity index (χ1v) is 10.7. The normalized spacial score (nSPS) is 24.8. The van der Waals surface area contributed by atoms with Crippen molar-refractivity contribution >= 4 is 17.7 Å². The molecule has 2 saturated heterocycles. The Bertz CT molecular complexity index is 560. The lowest BCUT2D eigenvalue weighted by Crippen LogP contribution is -2.41. The predicted molar refractivity (Wildman–Crippen MR) is 106 cm³/mol. The molecule has 5 heteroatoms. The van der Waals surface area contributed by atoms with Crippen LogP contribution in [0.3, 0.4) is 0 Å². The molecule has 0 radical (unpaired) electrons. The lowest BCUT2D eigenvalue weighted by molar-refractivity contribution is -0.121. The zero-order chi connectivity index (χ0) is 17.5. The molecule has 0 aromatic heterocycles. The average molecular weight is 362 g/mol. The largest absolute Gasteiger partial charge is 0.352 e. The molecule has 25 heavy (non-hydrogen) atoms. The first kappa shape index (κ1) is 18.7. The number of carbonyl (C=O) groups is 1. The fraction of sp³-hybridized carbons (Fsp3) is 0.650. The van der Waals surface area contributed by atoms with Crippen molar-refractivity contribution < 1.29 is 4.79 Å². The molecule has 0 spiro atoms. The van der Waals surface area contributed by atoms with Gasteiger partial charge in [0.25, 0.3) is 0 Å². The number of nitrogens with zero attached hydrogens (tertiary/aromatic N) is 1. The van der Waals surface area contributed by atoms with Gasteiger partial charge in [-0.15, -0.1) is 0 Å². The van der Waals surface area contributed by atoms with E-state index in [1.165, 1.54) is 37.1 Å². The standard InChI is InChI=1S/C20H31N3OS/c1-16-5-4-9-23(13-16)14-18-7-3-2-6-17(18)12-22-20(24)11-19-15-25-10-8-21-19/h2-3,6-7,16,19,21H,4-5,8-15H2,1H3,(H,22,24). The van der Waals surface area contributed by atoms with Crippen LogP contribution < -0.4 is 10.6 Å². The van der Waals surface area contributed by atoms with Gasteiger partial charge < -0.3 is 10.6 Å². The highest BCUT2D eigenvalue weighted by atomic mass is 32.2. The van der Waals surface area contributed by atoms with Crippen LogP contribution in [-0.2, 0) is 17.9 Å². The first-order chi connectivity index (χ1) is 12.2. The number of rotatable bonds is 6. The van der Waals surface area contributed by atoms with E-state index in [1.54, 1.807) is 0 Å². The molecule has 2 heterocycles. The summed E-state index contributed by atoms with van der Waals surface area (Å²) in [4.78, 5) is 14.8. The van der Waals surface area contributed by atoms with Crippen LogP contribution in [0.1, 0.15) is 37.3 Å². The summed E-state index contributed by atoms with van der Waals surface area (Å²) in [7, 11) is 0. The molecular weight excluding hydrogens is 330 g/mol. The van der Waals surface area contributed by atoms with Crippen molar-refractivity contribution in [1.29, 1.82) is 0 Å². The fourth-order valence-electron chi connectivity index (χ4n) is 3.80. The smallest absolute Gasteiger partial charge is 0.221 e. The summed E-state index contributed by atoms with van der Waals surface area (Å²) in [5, 5.41) is 6.56. The Morgan fingerprint density at radius 3 is 2.96 bits per heavy atom. The maximum absolute atomic E-state index is 12.3. The molecule has 1 aromatic carbocycles. The van der Waals surface area contributed by atoms with Crippen LogP contribution in [-0.4, -0.2) is 48.0 Å². The van der Waals surface area contributed by atoms with Gasteiger partial charge in [-0.2, -0.15) is 11.8 Å². The van der Waals surface area contributed by atoms with Crippen molar-refractivity contribution in [3.8, 4) is 0 Å². The number of piperidine rings is 1. The number of hydrogen-bond acceptors (Lipinski definition) is 4. The SMILES string of the molecule is CC1CCCN(Cc2ccccc2CNC(=O)CC2CSCCN2)C1. The Kier molecular flexibility index (Phi) is 7.20. The second-order valence-corrected chi connectivity index (χ2v) is 8.61. The van der Waals surface area contributed by atoms with E-state index in [2.05, 4.69) is 46.7 Å². The summed E-state index contributed by atoms with van der Waals surface area (Å²) in [6.07, 6.45) is 3.23. The Hall–Kier alpha value is -1.04. The summed E-state index contributed by atoms with van der Waals surface area (Å²) in [5.41, 5.74) is 2.60. The maximum atomic E-state index is 12.3. The Morgan fingerprint density at radius 1 is 1.36 bits per heavy atom. The third kappa shape index (κ3) is 6.01. The zero-order valence-electron chi connectivity index (χ0n) is 15.3. The quantitative estimate of drug-likeness (QED) is 0.818. The molecule has 2 aliphatic heterocycles. The van der Waals surface area contributed by atoms with Crippen molar-refractivity contribution in [3.63, 3.8) is 0 Å². The number of carbonyl (C=O) groups excluding carboxylic acids is 1. The number of hydrogen-bond donors (Lipinski definition) is 2. The summed E-state index contributed by atoms with van der Waals surface area (Å²) < 4.78 is 0. The molecular formula is C20H31N3OS. The van der Waals surface area contributed by atoms with Crippen molar-refractivity contribution in [2.45, 2.75) is 45.3 Å². The molecule has 2 N–H and O–H groups in total. The molecule has 0 saturated carbocycles. The van der Waals surface area contributed by atoms with E-state index in [9.17, 15) is 4.79 Å². The van der Waals surface area contributed by atoms with Gasteiger partial charge in [-0.1, -0.05) is 31.2 Å². The second-order valence-electron chi connectivity index (χ2n) is 7.46. The highest BCUT2D eigenvalue weighted by Crippen LogP contribution is 2.19. The molecule has 3 rings (SSSR count). The van der Waals surface area contributed by atoms with E-state index in [0.29, 0.717) is 19.0 Å². The zero-order valence-corrected chi connectivity index (χ0v) is 16.1. The van der Waals surface area contributed by atoms with Gasteiger partial charge in [0.15, 0.2) is 0 Å². The average Bonchev–Trinajstić information content (AvgIpc) is 2.62. The highest BCUT2D eigenvalue weighted by Gasteiger charge is 2.18. The van der Waals surface area contributed by atoms with E-state index in [1.807, 2.05) is 11.8 Å². The number of amides is 1. The molecule has 2 atom stereocenters. The van der Waals surface area contributed by atoms with Crippen LogP contribution in [0, 0.1) is 5.92 Å². The minimum Gasteiger partial charge on any atom is -0.352 e. The summed E-state index contributed by atoms with van der Waals surface area (Å²) in [6.45, 7) is 7.37. The van der Waals surface area contributed by atoms with E-state index >= 15 is 0 Å². The van der Waals surface area contributed by atoms with Gasteiger partial charge >= 0.3 is 0 Å². The number of thioether (sulfide) groups is 1. The Balaban J connectivity index is 1.50. The molecule has 2 unspecified atom stereocenters. The number of benzene rings is 1. The first-order valence-electron chi connectivity index (χ1n) is 9.57.